The number of benzene rings is 2. The molecule has 0 radical (unpaired) electrons. The number of aliphatic imine (C=N–C) groups is 1. The van der Waals surface area contributed by atoms with Crippen LogP contribution in [-0.2, 0) is 11.2 Å². The first-order valence-corrected chi connectivity index (χ1v) is 9.52. The number of halogens is 3. The van der Waals surface area contributed by atoms with E-state index in [4.69, 9.17) is 0 Å². The first-order chi connectivity index (χ1) is 14.3. The van der Waals surface area contributed by atoms with E-state index in [0.29, 0.717) is 31.9 Å². The Kier molecular flexibility index (Phi) is 6.81. The standard InChI is InChI=1S/C21H23F3N4O2/c1-25-20(26-11-10-14-6-8-16(9-7-14)30-21(22,23)24)27-13-15-12-19(29)28-18-5-3-2-4-17(15)18/h2-9,15H,10-13H2,1H3,(H,28,29)(H2,25,26,27). The van der Waals surface area contributed by atoms with Crippen molar-refractivity contribution < 1.29 is 22.7 Å². The molecule has 0 saturated heterocycles. The third-order valence-electron chi connectivity index (χ3n) is 4.71. The molecule has 1 aliphatic rings. The molecule has 2 aromatic carbocycles. The van der Waals surface area contributed by atoms with Crippen LogP contribution < -0.4 is 20.7 Å². The minimum absolute atomic E-state index is 0.0126. The number of nitrogens with zero attached hydrogens (tertiary/aromatic N) is 1. The van der Waals surface area contributed by atoms with Crippen LogP contribution in [0.25, 0.3) is 0 Å². The third-order valence-corrected chi connectivity index (χ3v) is 4.71. The zero-order chi connectivity index (χ0) is 21.6. The lowest BCUT2D eigenvalue weighted by Gasteiger charge is -2.26. The fourth-order valence-electron chi connectivity index (χ4n) is 3.31. The number of guanidine groups is 1. The first-order valence-electron chi connectivity index (χ1n) is 9.52. The van der Waals surface area contributed by atoms with E-state index in [-0.39, 0.29) is 17.6 Å². The van der Waals surface area contributed by atoms with Crippen molar-refractivity contribution >= 4 is 17.6 Å². The van der Waals surface area contributed by atoms with E-state index in [9.17, 15) is 18.0 Å². The van der Waals surface area contributed by atoms with Crippen LogP contribution in [0.3, 0.4) is 0 Å². The van der Waals surface area contributed by atoms with E-state index in [0.717, 1.165) is 16.8 Å². The van der Waals surface area contributed by atoms with Crippen LogP contribution in [0.1, 0.15) is 23.5 Å². The number of ether oxygens (including phenoxy) is 1. The number of hydrogen-bond donors (Lipinski definition) is 3. The number of para-hydroxylation sites is 1. The van der Waals surface area contributed by atoms with Crippen LogP contribution in [0.5, 0.6) is 5.75 Å². The number of rotatable bonds is 6. The summed E-state index contributed by atoms with van der Waals surface area (Å²) in [7, 11) is 1.65. The van der Waals surface area contributed by atoms with Gasteiger partial charge in [0.05, 0.1) is 0 Å². The molecular formula is C21H23F3N4O2. The van der Waals surface area contributed by atoms with Crippen LogP contribution in [0.2, 0.25) is 0 Å². The van der Waals surface area contributed by atoms with Gasteiger partial charge in [-0.15, -0.1) is 13.2 Å². The lowest BCUT2D eigenvalue weighted by atomic mass is 9.90. The lowest BCUT2D eigenvalue weighted by molar-refractivity contribution is -0.274. The quantitative estimate of drug-likeness (QED) is 0.495. The third kappa shape index (κ3) is 6.13. The summed E-state index contributed by atoms with van der Waals surface area (Å²) in [5.41, 5.74) is 2.79. The molecule has 160 valence electrons. The molecule has 30 heavy (non-hydrogen) atoms. The molecule has 1 aliphatic heterocycles. The van der Waals surface area contributed by atoms with Gasteiger partial charge in [0.2, 0.25) is 5.91 Å². The SMILES string of the molecule is CN=C(NCCc1ccc(OC(F)(F)F)cc1)NCC1CC(=O)Nc2ccccc21. The lowest BCUT2D eigenvalue weighted by Crippen LogP contribution is -2.41. The Morgan fingerprint density at radius 3 is 2.60 bits per heavy atom. The van der Waals surface area contributed by atoms with Crippen LogP contribution >= 0.6 is 0 Å². The summed E-state index contributed by atoms with van der Waals surface area (Å²) in [5.74, 6) is 0.375. The second-order valence-corrected chi connectivity index (χ2v) is 6.86. The molecule has 0 saturated carbocycles. The molecule has 0 fully saturated rings. The number of hydrogen-bond acceptors (Lipinski definition) is 3. The molecular weight excluding hydrogens is 397 g/mol. The Balaban J connectivity index is 1.47. The minimum Gasteiger partial charge on any atom is -0.406 e. The van der Waals surface area contributed by atoms with Crippen LogP contribution in [0, 0.1) is 0 Å². The number of carbonyl (C=O) groups excluding carboxylic acids is 1. The Labute approximate surface area is 172 Å². The molecule has 1 heterocycles. The second kappa shape index (κ2) is 9.51. The fourth-order valence-corrected chi connectivity index (χ4v) is 3.31. The van der Waals surface area contributed by atoms with Crippen LogP contribution in [0.15, 0.2) is 53.5 Å². The summed E-state index contributed by atoms with van der Waals surface area (Å²) in [6.45, 7) is 1.09. The maximum Gasteiger partial charge on any atom is 0.573 e. The fraction of sp³-hybridized carbons (Fsp3) is 0.333. The Morgan fingerprint density at radius 2 is 1.90 bits per heavy atom. The normalized spacial score (nSPS) is 16.5. The van der Waals surface area contributed by atoms with Gasteiger partial charge in [-0.05, 0) is 35.7 Å². The molecule has 0 aliphatic carbocycles. The summed E-state index contributed by atoms with van der Waals surface area (Å²) in [4.78, 5) is 16.1. The van der Waals surface area contributed by atoms with E-state index < -0.39 is 6.36 Å². The number of carbonyl (C=O) groups is 1. The largest absolute Gasteiger partial charge is 0.573 e. The molecule has 1 atom stereocenters. The number of anilines is 1. The van der Waals surface area contributed by atoms with Gasteiger partial charge in [-0.25, -0.2) is 0 Å². The zero-order valence-electron chi connectivity index (χ0n) is 16.4. The van der Waals surface area contributed by atoms with Gasteiger partial charge in [-0.3, -0.25) is 9.79 Å². The molecule has 0 bridgehead atoms. The summed E-state index contributed by atoms with van der Waals surface area (Å²) in [6.07, 6.45) is -3.70. The van der Waals surface area contributed by atoms with Gasteiger partial charge in [0.1, 0.15) is 5.75 Å². The van der Waals surface area contributed by atoms with Crippen molar-refractivity contribution in [3.63, 3.8) is 0 Å². The minimum atomic E-state index is -4.69. The van der Waals surface area contributed by atoms with Crippen molar-refractivity contribution in [3.8, 4) is 5.75 Å². The monoisotopic (exact) mass is 420 g/mol. The van der Waals surface area contributed by atoms with Crippen molar-refractivity contribution in [3.05, 3.63) is 59.7 Å². The van der Waals surface area contributed by atoms with Crippen molar-refractivity contribution in [2.45, 2.75) is 25.1 Å². The highest BCUT2D eigenvalue weighted by molar-refractivity contribution is 5.94. The molecule has 6 nitrogen and oxygen atoms in total. The average Bonchev–Trinajstić information content (AvgIpc) is 2.70. The molecule has 0 aromatic heterocycles. The molecule has 2 aromatic rings. The Morgan fingerprint density at radius 1 is 1.17 bits per heavy atom. The van der Waals surface area contributed by atoms with Gasteiger partial charge in [0.25, 0.3) is 0 Å². The summed E-state index contributed by atoms with van der Waals surface area (Å²) < 4.78 is 40.5. The molecule has 1 unspecified atom stereocenters. The van der Waals surface area contributed by atoms with Gasteiger partial charge in [0, 0.05) is 38.2 Å². The number of alkyl halides is 3. The van der Waals surface area contributed by atoms with Crippen LogP contribution in [0.4, 0.5) is 18.9 Å². The average molecular weight is 420 g/mol. The van der Waals surface area contributed by atoms with E-state index in [1.54, 1.807) is 19.2 Å². The smallest absolute Gasteiger partial charge is 0.406 e. The highest BCUT2D eigenvalue weighted by Gasteiger charge is 2.31. The van der Waals surface area contributed by atoms with Crippen molar-refractivity contribution in [1.82, 2.24) is 10.6 Å². The summed E-state index contributed by atoms with van der Waals surface area (Å²) in [5, 5.41) is 9.28. The molecule has 0 spiro atoms. The Bertz CT molecular complexity index is 898. The molecule has 9 heteroatoms. The van der Waals surface area contributed by atoms with Gasteiger partial charge >= 0.3 is 6.36 Å². The zero-order valence-corrected chi connectivity index (χ0v) is 16.4. The van der Waals surface area contributed by atoms with Gasteiger partial charge in [-0.1, -0.05) is 30.3 Å². The topological polar surface area (TPSA) is 74.8 Å². The summed E-state index contributed by atoms with van der Waals surface area (Å²) >= 11 is 0. The van der Waals surface area contributed by atoms with E-state index in [1.807, 2.05) is 24.3 Å². The molecule has 3 N–H and O–H groups in total. The van der Waals surface area contributed by atoms with E-state index in [2.05, 4.69) is 25.7 Å². The molecule has 1 amide bonds. The predicted octanol–water partition coefficient (Wildman–Crippen LogP) is 3.42. The maximum absolute atomic E-state index is 12.2. The first kappa shape index (κ1) is 21.5. The predicted molar refractivity (Wildman–Crippen MR) is 109 cm³/mol. The highest BCUT2D eigenvalue weighted by atomic mass is 19.4. The van der Waals surface area contributed by atoms with Crippen molar-refractivity contribution in [1.29, 1.82) is 0 Å². The van der Waals surface area contributed by atoms with Gasteiger partial charge in [0.15, 0.2) is 5.96 Å². The highest BCUT2D eigenvalue weighted by Crippen LogP contribution is 2.31. The summed E-state index contributed by atoms with van der Waals surface area (Å²) in [6, 6.07) is 13.5. The number of fused-ring (bicyclic) bond motifs is 1. The Hall–Kier alpha value is -3.23. The maximum atomic E-state index is 12.2. The molecule has 3 rings (SSSR count). The van der Waals surface area contributed by atoms with Gasteiger partial charge < -0.3 is 20.7 Å². The van der Waals surface area contributed by atoms with Crippen molar-refractivity contribution in [2.75, 3.05) is 25.5 Å². The van der Waals surface area contributed by atoms with E-state index >= 15 is 0 Å². The number of amides is 1. The number of nitrogens with one attached hydrogen (secondary N) is 3. The van der Waals surface area contributed by atoms with Crippen LogP contribution in [-0.4, -0.2) is 38.4 Å². The second-order valence-electron chi connectivity index (χ2n) is 6.86. The van der Waals surface area contributed by atoms with Gasteiger partial charge in [-0.2, -0.15) is 0 Å². The van der Waals surface area contributed by atoms with E-state index in [1.165, 1.54) is 12.1 Å². The van der Waals surface area contributed by atoms with Crippen molar-refractivity contribution in [2.24, 2.45) is 4.99 Å².